The Morgan fingerprint density at radius 1 is 1.11 bits per heavy atom. The highest BCUT2D eigenvalue weighted by molar-refractivity contribution is 6.07. The molecule has 0 aliphatic heterocycles. The van der Waals surface area contributed by atoms with Crippen molar-refractivity contribution in [2.45, 2.75) is 44.2 Å². The molecule has 7 heteroatoms. The first-order valence-corrected chi connectivity index (χ1v) is 11.8. The number of nitrogens with two attached hydrogens (primary N) is 1. The van der Waals surface area contributed by atoms with E-state index in [0.717, 1.165) is 41.3 Å². The molecule has 1 fully saturated rings. The maximum absolute atomic E-state index is 13.2. The lowest BCUT2D eigenvalue weighted by atomic mass is 9.85. The minimum atomic E-state index is -0.932. The molecular formula is C28H27N5O2. The fraction of sp³-hybridized carbons (Fsp3) is 0.250. The van der Waals surface area contributed by atoms with Gasteiger partial charge in [-0.15, -0.1) is 0 Å². The number of hydrogen-bond donors (Lipinski definition) is 3. The van der Waals surface area contributed by atoms with Crippen molar-refractivity contribution in [1.29, 1.82) is 0 Å². The lowest BCUT2D eigenvalue weighted by Crippen LogP contribution is -2.29. The van der Waals surface area contributed by atoms with Crippen LogP contribution >= 0.6 is 0 Å². The van der Waals surface area contributed by atoms with E-state index < -0.39 is 5.60 Å². The molecule has 1 aliphatic carbocycles. The topological polar surface area (TPSA) is 106 Å². The van der Waals surface area contributed by atoms with Crippen LogP contribution in [0.2, 0.25) is 0 Å². The number of nitrogens with zero attached hydrogens (tertiary/aromatic N) is 3. The van der Waals surface area contributed by atoms with Gasteiger partial charge in [0.05, 0.1) is 11.1 Å². The predicted octanol–water partition coefficient (Wildman–Crippen LogP) is 3.98. The Kier molecular flexibility index (Phi) is 6.21. The molecule has 35 heavy (non-hydrogen) atoms. The second-order valence-corrected chi connectivity index (χ2v) is 8.93. The number of carbonyl (C=O) groups excluding carboxylic acids is 1. The zero-order valence-corrected chi connectivity index (χ0v) is 19.4. The van der Waals surface area contributed by atoms with E-state index in [1.807, 2.05) is 53.1 Å². The number of benzene rings is 2. The molecule has 2 heterocycles. The summed E-state index contributed by atoms with van der Waals surface area (Å²) in [5.74, 6) is 6.76. The van der Waals surface area contributed by atoms with Gasteiger partial charge in [0, 0.05) is 29.9 Å². The van der Waals surface area contributed by atoms with Crippen molar-refractivity contribution in [3.8, 4) is 17.7 Å². The van der Waals surface area contributed by atoms with Gasteiger partial charge in [0.1, 0.15) is 11.4 Å². The Hall–Kier alpha value is -4.15. The second kappa shape index (κ2) is 9.61. The normalized spacial score (nSPS) is 14.8. The molecule has 5 rings (SSSR count). The molecule has 0 unspecified atom stereocenters. The smallest absolute Gasteiger partial charge is 0.253 e. The second-order valence-electron chi connectivity index (χ2n) is 8.93. The molecule has 176 valence electrons. The van der Waals surface area contributed by atoms with Crippen molar-refractivity contribution in [3.63, 3.8) is 0 Å². The minimum Gasteiger partial charge on any atom is -0.378 e. The molecular weight excluding hydrogens is 438 g/mol. The third-order valence-electron chi connectivity index (χ3n) is 6.37. The molecule has 1 saturated carbocycles. The van der Waals surface area contributed by atoms with E-state index in [4.69, 9.17) is 5.73 Å². The summed E-state index contributed by atoms with van der Waals surface area (Å²) >= 11 is 0. The molecule has 0 spiro atoms. The van der Waals surface area contributed by atoms with Gasteiger partial charge in [-0.3, -0.25) is 4.79 Å². The van der Waals surface area contributed by atoms with Gasteiger partial charge < -0.3 is 20.7 Å². The van der Waals surface area contributed by atoms with Crippen molar-refractivity contribution in [2.24, 2.45) is 0 Å². The van der Waals surface area contributed by atoms with Gasteiger partial charge in [0.2, 0.25) is 5.95 Å². The highest BCUT2D eigenvalue weighted by Gasteiger charge is 2.26. The van der Waals surface area contributed by atoms with E-state index in [2.05, 4.69) is 27.1 Å². The zero-order chi connectivity index (χ0) is 24.3. The summed E-state index contributed by atoms with van der Waals surface area (Å²) < 4.78 is 1.82. The van der Waals surface area contributed by atoms with Crippen molar-refractivity contribution < 1.29 is 9.90 Å². The molecule has 0 saturated heterocycles. The van der Waals surface area contributed by atoms with E-state index in [-0.39, 0.29) is 11.9 Å². The first-order valence-electron chi connectivity index (χ1n) is 11.8. The molecule has 0 bridgehead atoms. The van der Waals surface area contributed by atoms with Crippen LogP contribution < -0.4 is 11.1 Å². The molecule has 4 aromatic rings. The SMILES string of the molecule is Nc1nccc(-n2cc(C(=O)NCc3ccccc3)c3ccc(C#CC4(O)CCCCC4)cc32)n1. The first-order chi connectivity index (χ1) is 17.0. The van der Waals surface area contributed by atoms with Crippen LogP contribution in [0.25, 0.3) is 16.7 Å². The number of carbonyl (C=O) groups is 1. The summed E-state index contributed by atoms with van der Waals surface area (Å²) in [7, 11) is 0. The van der Waals surface area contributed by atoms with Gasteiger partial charge in [-0.25, -0.2) is 4.98 Å². The number of anilines is 1. The fourth-order valence-electron chi connectivity index (χ4n) is 4.50. The highest BCUT2D eigenvalue weighted by atomic mass is 16.3. The molecule has 2 aromatic heterocycles. The summed E-state index contributed by atoms with van der Waals surface area (Å²) in [4.78, 5) is 21.5. The lowest BCUT2D eigenvalue weighted by Gasteiger charge is -2.26. The van der Waals surface area contributed by atoms with Crippen LogP contribution in [-0.2, 0) is 6.54 Å². The lowest BCUT2D eigenvalue weighted by molar-refractivity contribution is 0.0610. The average molecular weight is 466 g/mol. The Morgan fingerprint density at radius 2 is 1.91 bits per heavy atom. The van der Waals surface area contributed by atoms with Gasteiger partial charge in [0.15, 0.2) is 0 Å². The van der Waals surface area contributed by atoms with Gasteiger partial charge in [-0.1, -0.05) is 54.7 Å². The number of fused-ring (bicyclic) bond motifs is 1. The van der Waals surface area contributed by atoms with Crippen LogP contribution in [0.15, 0.2) is 67.0 Å². The van der Waals surface area contributed by atoms with E-state index in [9.17, 15) is 9.90 Å². The molecule has 0 radical (unpaired) electrons. The molecule has 7 nitrogen and oxygen atoms in total. The molecule has 2 aromatic carbocycles. The van der Waals surface area contributed by atoms with E-state index >= 15 is 0 Å². The monoisotopic (exact) mass is 465 g/mol. The number of rotatable bonds is 4. The molecule has 1 amide bonds. The summed E-state index contributed by atoms with van der Waals surface area (Å²) in [5.41, 5.74) is 7.97. The van der Waals surface area contributed by atoms with Gasteiger partial charge in [-0.2, -0.15) is 4.98 Å². The third-order valence-corrected chi connectivity index (χ3v) is 6.37. The van der Waals surface area contributed by atoms with Crippen molar-refractivity contribution in [1.82, 2.24) is 19.9 Å². The average Bonchev–Trinajstić information content (AvgIpc) is 3.26. The summed E-state index contributed by atoms with van der Waals surface area (Å²) in [5, 5.41) is 14.5. The number of hydrogen-bond acceptors (Lipinski definition) is 5. The Morgan fingerprint density at radius 3 is 2.69 bits per heavy atom. The van der Waals surface area contributed by atoms with E-state index in [0.29, 0.717) is 30.8 Å². The van der Waals surface area contributed by atoms with Crippen LogP contribution in [0.5, 0.6) is 0 Å². The van der Waals surface area contributed by atoms with Gasteiger partial charge >= 0.3 is 0 Å². The highest BCUT2D eigenvalue weighted by Crippen LogP contribution is 2.28. The third kappa shape index (κ3) is 5.03. The van der Waals surface area contributed by atoms with Gasteiger partial charge in [0.25, 0.3) is 5.91 Å². The van der Waals surface area contributed by atoms with Crippen LogP contribution in [0.3, 0.4) is 0 Å². The zero-order valence-electron chi connectivity index (χ0n) is 19.4. The van der Waals surface area contributed by atoms with Crippen molar-refractivity contribution in [3.05, 3.63) is 83.7 Å². The fourth-order valence-corrected chi connectivity index (χ4v) is 4.50. The number of nitrogens with one attached hydrogen (secondary N) is 1. The van der Waals surface area contributed by atoms with E-state index in [1.165, 1.54) is 0 Å². The minimum absolute atomic E-state index is 0.148. The largest absolute Gasteiger partial charge is 0.378 e. The maximum Gasteiger partial charge on any atom is 0.253 e. The van der Waals surface area contributed by atoms with E-state index in [1.54, 1.807) is 18.5 Å². The summed E-state index contributed by atoms with van der Waals surface area (Å²) in [6.07, 6.45) is 7.86. The van der Waals surface area contributed by atoms with Crippen molar-refractivity contribution in [2.75, 3.05) is 5.73 Å². The predicted molar refractivity (Wildman–Crippen MR) is 136 cm³/mol. The number of aliphatic hydroxyl groups is 1. The first kappa shape index (κ1) is 22.6. The molecule has 4 N–H and O–H groups in total. The number of aromatic nitrogens is 3. The van der Waals surface area contributed by atoms with Gasteiger partial charge in [-0.05, 0) is 49.4 Å². The quantitative estimate of drug-likeness (QED) is 0.395. The maximum atomic E-state index is 13.2. The molecule has 0 atom stereocenters. The van der Waals surface area contributed by atoms with Crippen LogP contribution in [-0.4, -0.2) is 31.1 Å². The molecule has 1 aliphatic rings. The Bertz CT molecular complexity index is 1430. The summed E-state index contributed by atoms with van der Waals surface area (Å²) in [6.45, 7) is 0.426. The Balaban J connectivity index is 1.52. The van der Waals surface area contributed by atoms with Crippen LogP contribution in [0, 0.1) is 11.8 Å². The summed E-state index contributed by atoms with van der Waals surface area (Å²) in [6, 6.07) is 17.2. The van der Waals surface area contributed by atoms with Crippen LogP contribution in [0.1, 0.15) is 53.6 Å². The number of amides is 1. The number of nitrogen functional groups attached to an aromatic ring is 1. The van der Waals surface area contributed by atoms with Crippen molar-refractivity contribution >= 4 is 22.8 Å². The van der Waals surface area contributed by atoms with Crippen LogP contribution in [0.4, 0.5) is 5.95 Å². The standard InChI is InChI=1S/C28H27N5O2/c29-27-30-16-12-25(32-27)33-19-23(26(34)31-18-21-7-3-1-4-8-21)22-10-9-20(17-24(22)33)11-15-28(35)13-5-2-6-14-28/h1,3-4,7-10,12,16-17,19,35H,2,5-6,13-14,18H2,(H,31,34)(H2,29,30,32). The Labute approximate surface area is 204 Å².